The third-order valence-corrected chi connectivity index (χ3v) is 2.51. The summed E-state index contributed by atoms with van der Waals surface area (Å²) in [6.45, 7) is 1.75. The first-order chi connectivity index (χ1) is 6.52. The summed E-state index contributed by atoms with van der Waals surface area (Å²) in [5, 5.41) is 3.18. The van der Waals surface area contributed by atoms with E-state index in [-0.39, 0.29) is 11.9 Å². The van der Waals surface area contributed by atoms with Crippen molar-refractivity contribution in [3.8, 4) is 0 Å². The molecule has 1 amide bonds. The molecule has 0 bridgehead atoms. The molecule has 0 saturated heterocycles. The van der Waals surface area contributed by atoms with Crippen LogP contribution in [0.3, 0.4) is 0 Å². The van der Waals surface area contributed by atoms with Gasteiger partial charge in [-0.05, 0) is 6.92 Å². The van der Waals surface area contributed by atoms with Crippen LogP contribution in [0, 0.1) is 0 Å². The molecular weight excluding hydrogens is 224 g/mol. The SMILES string of the molecule is CC(Nc1nsnc1Cl)C(=O)N(C)C. The highest BCUT2D eigenvalue weighted by Crippen LogP contribution is 2.18. The summed E-state index contributed by atoms with van der Waals surface area (Å²) in [7, 11) is 3.39. The summed E-state index contributed by atoms with van der Waals surface area (Å²) >= 11 is 6.73. The van der Waals surface area contributed by atoms with Crippen molar-refractivity contribution >= 4 is 35.1 Å². The second kappa shape index (κ2) is 4.56. The fraction of sp³-hybridized carbons (Fsp3) is 0.571. The van der Waals surface area contributed by atoms with E-state index in [4.69, 9.17) is 11.6 Å². The fourth-order valence-corrected chi connectivity index (χ4v) is 1.58. The van der Waals surface area contributed by atoms with Crippen LogP contribution in [0.2, 0.25) is 5.15 Å². The Morgan fingerprint density at radius 1 is 1.57 bits per heavy atom. The van der Waals surface area contributed by atoms with Gasteiger partial charge in [0.1, 0.15) is 6.04 Å². The molecule has 1 aromatic heterocycles. The first kappa shape index (κ1) is 11.2. The topological polar surface area (TPSA) is 58.1 Å². The lowest BCUT2D eigenvalue weighted by atomic mass is 10.3. The summed E-state index contributed by atoms with van der Waals surface area (Å²) in [5.41, 5.74) is 0. The second-order valence-corrected chi connectivity index (χ2v) is 3.89. The molecule has 78 valence electrons. The Morgan fingerprint density at radius 3 is 2.64 bits per heavy atom. The van der Waals surface area contributed by atoms with E-state index in [2.05, 4.69) is 14.1 Å². The minimum atomic E-state index is -0.355. The molecule has 0 fully saturated rings. The van der Waals surface area contributed by atoms with E-state index in [9.17, 15) is 4.79 Å². The number of halogens is 1. The molecular formula is C7H11ClN4OS. The number of rotatable bonds is 3. The molecule has 14 heavy (non-hydrogen) atoms. The van der Waals surface area contributed by atoms with E-state index in [1.807, 2.05) is 0 Å². The zero-order valence-electron chi connectivity index (χ0n) is 8.11. The van der Waals surface area contributed by atoms with E-state index < -0.39 is 0 Å². The van der Waals surface area contributed by atoms with Gasteiger partial charge in [-0.15, -0.1) is 0 Å². The van der Waals surface area contributed by atoms with Crippen LogP contribution in [0.4, 0.5) is 5.82 Å². The van der Waals surface area contributed by atoms with E-state index in [0.717, 1.165) is 11.7 Å². The molecule has 1 N–H and O–H groups in total. The predicted octanol–water partition coefficient (Wildman–Crippen LogP) is 1.08. The molecule has 0 aromatic carbocycles. The Labute approximate surface area is 91.4 Å². The van der Waals surface area contributed by atoms with Crippen molar-refractivity contribution in [2.24, 2.45) is 0 Å². The van der Waals surface area contributed by atoms with Crippen LogP contribution < -0.4 is 5.32 Å². The maximum Gasteiger partial charge on any atom is 0.244 e. The number of carbonyl (C=O) groups is 1. The Hall–Kier alpha value is -0.880. The lowest BCUT2D eigenvalue weighted by Gasteiger charge is -2.17. The number of amides is 1. The van der Waals surface area contributed by atoms with Crippen LogP contribution in [-0.2, 0) is 4.79 Å². The van der Waals surface area contributed by atoms with E-state index in [0.29, 0.717) is 11.0 Å². The van der Waals surface area contributed by atoms with E-state index >= 15 is 0 Å². The number of aromatic nitrogens is 2. The standard InChI is InChI=1S/C7H11ClN4OS/c1-4(7(13)12(2)3)9-6-5(8)10-14-11-6/h4H,1-3H3,(H,9,11). The highest BCUT2D eigenvalue weighted by Gasteiger charge is 2.17. The zero-order chi connectivity index (χ0) is 10.7. The summed E-state index contributed by atoms with van der Waals surface area (Å²) in [6.07, 6.45) is 0. The summed E-state index contributed by atoms with van der Waals surface area (Å²) in [6, 6.07) is -0.355. The molecule has 7 heteroatoms. The molecule has 1 aromatic rings. The van der Waals surface area contributed by atoms with Gasteiger partial charge >= 0.3 is 0 Å². The van der Waals surface area contributed by atoms with Crippen molar-refractivity contribution in [3.05, 3.63) is 5.15 Å². The Morgan fingerprint density at radius 2 is 2.21 bits per heavy atom. The predicted molar refractivity (Wildman–Crippen MR) is 56.7 cm³/mol. The molecule has 0 aliphatic heterocycles. The molecule has 1 atom stereocenters. The van der Waals surface area contributed by atoms with Gasteiger partial charge in [0.2, 0.25) is 5.91 Å². The third-order valence-electron chi connectivity index (χ3n) is 1.61. The van der Waals surface area contributed by atoms with Crippen molar-refractivity contribution in [1.82, 2.24) is 13.6 Å². The van der Waals surface area contributed by atoms with Crippen molar-refractivity contribution in [2.45, 2.75) is 13.0 Å². The molecule has 0 saturated carbocycles. The Balaban J connectivity index is 2.62. The van der Waals surface area contributed by atoms with Gasteiger partial charge in [0.25, 0.3) is 0 Å². The van der Waals surface area contributed by atoms with E-state index in [1.54, 1.807) is 21.0 Å². The number of nitrogens with one attached hydrogen (secondary N) is 1. The fourth-order valence-electron chi connectivity index (χ4n) is 0.918. The summed E-state index contributed by atoms with van der Waals surface area (Å²) < 4.78 is 7.70. The molecule has 0 aliphatic rings. The van der Waals surface area contributed by atoms with Crippen molar-refractivity contribution in [2.75, 3.05) is 19.4 Å². The van der Waals surface area contributed by atoms with Crippen LogP contribution in [0.5, 0.6) is 0 Å². The normalized spacial score (nSPS) is 12.3. The van der Waals surface area contributed by atoms with Crippen LogP contribution in [0.1, 0.15) is 6.92 Å². The third kappa shape index (κ3) is 2.55. The van der Waals surface area contributed by atoms with Gasteiger partial charge in [0.15, 0.2) is 11.0 Å². The Kier molecular flexibility index (Phi) is 3.65. The van der Waals surface area contributed by atoms with E-state index in [1.165, 1.54) is 4.90 Å². The average Bonchev–Trinajstić information content (AvgIpc) is 2.50. The maximum absolute atomic E-state index is 11.5. The molecule has 1 rings (SSSR count). The minimum absolute atomic E-state index is 0.0333. The van der Waals surface area contributed by atoms with Crippen LogP contribution in [0.25, 0.3) is 0 Å². The summed E-state index contributed by atoms with van der Waals surface area (Å²) in [5.74, 6) is 0.424. The van der Waals surface area contributed by atoms with Crippen molar-refractivity contribution in [1.29, 1.82) is 0 Å². The monoisotopic (exact) mass is 234 g/mol. The van der Waals surface area contributed by atoms with Gasteiger partial charge in [-0.3, -0.25) is 4.79 Å². The van der Waals surface area contributed by atoms with Gasteiger partial charge in [0, 0.05) is 14.1 Å². The zero-order valence-corrected chi connectivity index (χ0v) is 9.69. The number of hydrogen-bond donors (Lipinski definition) is 1. The average molecular weight is 235 g/mol. The molecule has 0 aliphatic carbocycles. The molecule has 5 nitrogen and oxygen atoms in total. The van der Waals surface area contributed by atoms with Crippen LogP contribution >= 0.6 is 23.3 Å². The second-order valence-electron chi connectivity index (χ2n) is 3.00. The quantitative estimate of drug-likeness (QED) is 0.851. The van der Waals surface area contributed by atoms with Gasteiger partial charge in [-0.25, -0.2) is 0 Å². The largest absolute Gasteiger partial charge is 0.355 e. The molecule has 0 spiro atoms. The molecule has 0 radical (unpaired) electrons. The van der Waals surface area contributed by atoms with Crippen molar-refractivity contribution < 1.29 is 4.79 Å². The van der Waals surface area contributed by atoms with Crippen LogP contribution in [-0.4, -0.2) is 39.7 Å². The first-order valence-electron chi connectivity index (χ1n) is 3.98. The lowest BCUT2D eigenvalue weighted by molar-refractivity contribution is -0.129. The number of nitrogens with zero attached hydrogens (tertiary/aromatic N) is 3. The molecule has 1 heterocycles. The minimum Gasteiger partial charge on any atom is -0.355 e. The Bertz CT molecular complexity index is 327. The number of carbonyl (C=O) groups excluding carboxylic acids is 1. The molecule has 1 unspecified atom stereocenters. The van der Waals surface area contributed by atoms with Gasteiger partial charge in [-0.1, -0.05) is 11.6 Å². The number of hydrogen-bond acceptors (Lipinski definition) is 5. The lowest BCUT2D eigenvalue weighted by Crippen LogP contribution is -2.36. The summed E-state index contributed by atoms with van der Waals surface area (Å²) in [4.78, 5) is 13.0. The smallest absolute Gasteiger partial charge is 0.244 e. The maximum atomic E-state index is 11.5. The van der Waals surface area contributed by atoms with Gasteiger partial charge in [0.05, 0.1) is 11.7 Å². The van der Waals surface area contributed by atoms with Gasteiger partial charge in [-0.2, -0.15) is 8.75 Å². The first-order valence-corrected chi connectivity index (χ1v) is 5.09. The van der Waals surface area contributed by atoms with Gasteiger partial charge < -0.3 is 10.2 Å². The van der Waals surface area contributed by atoms with Crippen LogP contribution in [0.15, 0.2) is 0 Å². The highest BCUT2D eigenvalue weighted by atomic mass is 35.5. The van der Waals surface area contributed by atoms with Crippen molar-refractivity contribution in [3.63, 3.8) is 0 Å². The highest BCUT2D eigenvalue weighted by molar-refractivity contribution is 6.99. The number of likely N-dealkylation sites (N-methyl/N-ethyl adjacent to an activating group) is 1. The number of anilines is 1.